The molecule has 1 heterocycles. The fourth-order valence-electron chi connectivity index (χ4n) is 0.937. The van der Waals surface area contributed by atoms with Crippen molar-refractivity contribution in [3.05, 3.63) is 4.91 Å². The van der Waals surface area contributed by atoms with Crippen molar-refractivity contribution in [2.24, 2.45) is 5.34 Å². The molecule has 0 aromatic heterocycles. The summed E-state index contributed by atoms with van der Waals surface area (Å²) in [6.45, 7) is 2.59. The highest BCUT2D eigenvalue weighted by atomic mass is 16.8. The van der Waals surface area contributed by atoms with Gasteiger partial charge in [-0.25, -0.2) is 4.79 Å². The lowest BCUT2D eigenvalue weighted by Crippen LogP contribution is -2.46. The van der Waals surface area contributed by atoms with Crippen molar-refractivity contribution < 1.29 is 9.63 Å². The van der Waals surface area contributed by atoms with Crippen LogP contribution in [-0.2, 0) is 4.84 Å². The van der Waals surface area contributed by atoms with Crippen LogP contribution in [0.3, 0.4) is 0 Å². The van der Waals surface area contributed by atoms with Crippen molar-refractivity contribution in [2.45, 2.75) is 0 Å². The molecule has 1 aliphatic rings. The van der Waals surface area contributed by atoms with Gasteiger partial charge in [0.25, 0.3) is 0 Å². The number of rotatable bonds is 1. The summed E-state index contributed by atoms with van der Waals surface area (Å²) in [5.41, 5.74) is 0. The zero-order chi connectivity index (χ0) is 8.10. The molecule has 0 spiro atoms. The summed E-state index contributed by atoms with van der Waals surface area (Å²) in [5.74, 6) is 0. The van der Waals surface area contributed by atoms with Gasteiger partial charge in [-0.15, -0.1) is 4.91 Å². The highest BCUT2D eigenvalue weighted by molar-refractivity contribution is 5.67. The van der Waals surface area contributed by atoms with Crippen LogP contribution in [0.25, 0.3) is 0 Å². The second-order valence-corrected chi connectivity index (χ2v) is 2.17. The van der Waals surface area contributed by atoms with E-state index < -0.39 is 6.09 Å². The molecular formula is C5H9N3O3. The molecule has 0 atom stereocenters. The van der Waals surface area contributed by atoms with Gasteiger partial charge < -0.3 is 10.2 Å². The van der Waals surface area contributed by atoms with Crippen molar-refractivity contribution in [1.82, 2.24) is 10.2 Å². The molecule has 6 nitrogen and oxygen atoms in total. The average Bonchev–Trinajstić information content (AvgIpc) is 2.07. The molecule has 11 heavy (non-hydrogen) atoms. The number of piperazine rings is 1. The molecule has 1 rings (SSSR count). The predicted molar refractivity (Wildman–Crippen MR) is 36.7 cm³/mol. The molecule has 0 saturated carbocycles. The Hall–Kier alpha value is -1.17. The standard InChI is InChI=1S/C5H9N3O3/c9-5(11-7-10)8-3-1-6-2-4-8/h6H,1-4H2. The first-order chi connectivity index (χ1) is 5.34. The summed E-state index contributed by atoms with van der Waals surface area (Å²) in [5, 5.41) is 5.10. The van der Waals surface area contributed by atoms with Gasteiger partial charge in [0.1, 0.15) is 0 Å². The van der Waals surface area contributed by atoms with E-state index in [-0.39, 0.29) is 0 Å². The van der Waals surface area contributed by atoms with Crippen molar-refractivity contribution in [1.29, 1.82) is 0 Å². The Bertz CT molecular complexity index is 155. The Balaban J connectivity index is 2.32. The van der Waals surface area contributed by atoms with E-state index in [9.17, 15) is 9.70 Å². The number of carbonyl (C=O) groups is 1. The predicted octanol–water partition coefficient (Wildman–Crippen LogP) is -0.290. The quantitative estimate of drug-likeness (QED) is 0.421. The van der Waals surface area contributed by atoms with Crippen molar-refractivity contribution in [3.8, 4) is 0 Å². The van der Waals surface area contributed by atoms with Gasteiger partial charge in [0.15, 0.2) is 5.34 Å². The summed E-state index contributed by atoms with van der Waals surface area (Å²) in [6.07, 6.45) is -0.665. The minimum atomic E-state index is -0.665. The molecule has 0 aliphatic carbocycles. The van der Waals surface area contributed by atoms with Crippen LogP contribution in [0, 0.1) is 4.91 Å². The van der Waals surface area contributed by atoms with Crippen LogP contribution in [0.4, 0.5) is 4.79 Å². The maximum absolute atomic E-state index is 10.8. The van der Waals surface area contributed by atoms with E-state index in [1.807, 2.05) is 5.34 Å². The maximum Gasteiger partial charge on any atom is 0.438 e. The topological polar surface area (TPSA) is 71.0 Å². The van der Waals surface area contributed by atoms with Crippen LogP contribution in [0.15, 0.2) is 5.34 Å². The minimum Gasteiger partial charge on any atom is -0.313 e. The van der Waals surface area contributed by atoms with Gasteiger partial charge in [0, 0.05) is 26.2 Å². The van der Waals surface area contributed by atoms with E-state index >= 15 is 0 Å². The Labute approximate surface area is 63.4 Å². The molecule has 1 amide bonds. The van der Waals surface area contributed by atoms with Gasteiger partial charge in [-0.1, -0.05) is 0 Å². The molecule has 1 fully saturated rings. The Morgan fingerprint density at radius 2 is 2.09 bits per heavy atom. The first-order valence-electron chi connectivity index (χ1n) is 3.34. The molecule has 0 unspecified atom stereocenters. The summed E-state index contributed by atoms with van der Waals surface area (Å²) in [7, 11) is 0. The number of amides is 1. The summed E-state index contributed by atoms with van der Waals surface area (Å²) < 4.78 is 0. The number of hydrogen-bond acceptors (Lipinski definition) is 5. The number of nitrogens with one attached hydrogen (secondary N) is 1. The number of hydrogen-bond donors (Lipinski definition) is 1. The van der Waals surface area contributed by atoms with E-state index in [1.165, 1.54) is 4.90 Å². The Kier molecular flexibility index (Phi) is 2.79. The van der Waals surface area contributed by atoms with E-state index in [2.05, 4.69) is 10.2 Å². The van der Waals surface area contributed by atoms with Gasteiger partial charge in [0.2, 0.25) is 0 Å². The third-order valence-corrected chi connectivity index (χ3v) is 1.49. The van der Waals surface area contributed by atoms with Gasteiger partial charge in [0.05, 0.1) is 0 Å². The lowest BCUT2D eigenvalue weighted by molar-refractivity contribution is 0.0991. The fraction of sp³-hybridized carbons (Fsp3) is 0.800. The summed E-state index contributed by atoms with van der Waals surface area (Å²) in [6, 6.07) is 0. The van der Waals surface area contributed by atoms with E-state index in [0.717, 1.165) is 13.1 Å². The molecule has 0 aromatic carbocycles. The highest BCUT2D eigenvalue weighted by Crippen LogP contribution is 1.95. The molecule has 1 N–H and O–H groups in total. The molecule has 1 aliphatic heterocycles. The van der Waals surface area contributed by atoms with Crippen LogP contribution in [0.2, 0.25) is 0 Å². The normalized spacial score (nSPS) is 17.6. The largest absolute Gasteiger partial charge is 0.438 e. The molecule has 0 radical (unpaired) electrons. The zero-order valence-corrected chi connectivity index (χ0v) is 5.95. The second-order valence-electron chi connectivity index (χ2n) is 2.17. The van der Waals surface area contributed by atoms with E-state index in [1.54, 1.807) is 0 Å². The molecule has 6 heteroatoms. The zero-order valence-electron chi connectivity index (χ0n) is 5.95. The molecule has 62 valence electrons. The second kappa shape index (κ2) is 3.87. The van der Waals surface area contributed by atoms with Crippen LogP contribution >= 0.6 is 0 Å². The fourth-order valence-corrected chi connectivity index (χ4v) is 0.937. The highest BCUT2D eigenvalue weighted by Gasteiger charge is 2.17. The monoisotopic (exact) mass is 159 g/mol. The third kappa shape index (κ3) is 2.15. The van der Waals surface area contributed by atoms with Crippen molar-refractivity contribution in [2.75, 3.05) is 26.2 Å². The SMILES string of the molecule is O=NOC(=O)N1CCNCC1. The van der Waals surface area contributed by atoms with Crippen LogP contribution < -0.4 is 5.32 Å². The van der Waals surface area contributed by atoms with Crippen molar-refractivity contribution >= 4 is 6.09 Å². The van der Waals surface area contributed by atoms with Gasteiger partial charge in [-0.2, -0.15) is 0 Å². The Morgan fingerprint density at radius 1 is 1.45 bits per heavy atom. The minimum absolute atomic E-state index is 0.564. The molecule has 0 aromatic rings. The van der Waals surface area contributed by atoms with Crippen molar-refractivity contribution in [3.63, 3.8) is 0 Å². The lowest BCUT2D eigenvalue weighted by Gasteiger charge is -2.24. The Morgan fingerprint density at radius 3 is 2.64 bits per heavy atom. The number of nitrogens with zero attached hydrogens (tertiary/aromatic N) is 2. The summed E-state index contributed by atoms with van der Waals surface area (Å²) >= 11 is 0. The van der Waals surface area contributed by atoms with Gasteiger partial charge in [-0.3, -0.25) is 4.84 Å². The smallest absolute Gasteiger partial charge is 0.313 e. The van der Waals surface area contributed by atoms with Crippen LogP contribution in [0.1, 0.15) is 0 Å². The molecular weight excluding hydrogens is 150 g/mol. The lowest BCUT2D eigenvalue weighted by atomic mass is 10.4. The first-order valence-corrected chi connectivity index (χ1v) is 3.34. The van der Waals surface area contributed by atoms with E-state index in [4.69, 9.17) is 0 Å². The van der Waals surface area contributed by atoms with Gasteiger partial charge >= 0.3 is 6.09 Å². The van der Waals surface area contributed by atoms with Crippen LogP contribution in [0.5, 0.6) is 0 Å². The number of carbonyl (C=O) groups excluding carboxylic acids is 1. The summed E-state index contributed by atoms with van der Waals surface area (Å²) in [4.78, 5) is 25.6. The maximum atomic E-state index is 10.8. The van der Waals surface area contributed by atoms with Crippen LogP contribution in [-0.4, -0.2) is 37.2 Å². The molecule has 1 saturated heterocycles. The average molecular weight is 159 g/mol. The third-order valence-electron chi connectivity index (χ3n) is 1.49. The van der Waals surface area contributed by atoms with E-state index in [0.29, 0.717) is 13.1 Å². The first kappa shape index (κ1) is 7.93. The molecule has 0 bridgehead atoms. The van der Waals surface area contributed by atoms with Gasteiger partial charge in [-0.05, 0) is 0 Å².